The van der Waals surface area contributed by atoms with Crippen LogP contribution in [0.1, 0.15) is 23.3 Å². The van der Waals surface area contributed by atoms with Gasteiger partial charge in [-0.3, -0.25) is 9.88 Å². The topological polar surface area (TPSA) is 28.2 Å². The minimum Gasteiger partial charge on any atom is -0.380 e. The molecule has 1 saturated heterocycles. The van der Waals surface area contributed by atoms with Gasteiger partial charge >= 0.3 is 0 Å². The van der Waals surface area contributed by atoms with E-state index in [1.807, 2.05) is 11.7 Å². The zero-order valence-electron chi connectivity index (χ0n) is 11.0. The highest BCUT2D eigenvalue weighted by Crippen LogP contribution is 2.21. The molecule has 1 aromatic heterocycles. The van der Waals surface area contributed by atoms with Crippen LogP contribution in [0.5, 0.6) is 0 Å². The maximum Gasteiger partial charge on any atom is 0.0794 e. The molecule has 0 spiro atoms. The molecular weight excluding hydrogens is 254 g/mol. The molecule has 0 radical (unpaired) electrons. The third kappa shape index (κ3) is 3.33. The van der Waals surface area contributed by atoms with Gasteiger partial charge in [0, 0.05) is 23.3 Å². The van der Waals surface area contributed by atoms with E-state index >= 15 is 0 Å². The summed E-state index contributed by atoms with van der Waals surface area (Å²) in [7, 11) is 0. The monoisotopic (exact) mass is 273 g/mol. The molecule has 2 heterocycles. The van der Waals surface area contributed by atoms with Crippen molar-refractivity contribution in [1.29, 1.82) is 0 Å². The number of rotatable bonds is 5. The molecule has 3 rings (SSSR count). The molecule has 1 fully saturated rings. The van der Waals surface area contributed by atoms with E-state index in [-0.39, 0.29) is 0 Å². The first-order valence-corrected chi connectivity index (χ1v) is 7.71. The van der Waals surface area contributed by atoms with Gasteiger partial charge in [0.2, 0.25) is 0 Å². The van der Waals surface area contributed by atoms with E-state index in [0.29, 0.717) is 0 Å². The second-order valence-corrected chi connectivity index (χ2v) is 5.93. The number of likely N-dealkylation sites (tertiary alicyclic amines) is 1. The fourth-order valence-corrected chi connectivity index (χ4v) is 3.06. The van der Waals surface area contributed by atoms with Crippen molar-refractivity contribution in [2.75, 3.05) is 18.4 Å². The lowest BCUT2D eigenvalue weighted by molar-refractivity contribution is 0.332. The molecule has 0 atom stereocenters. The van der Waals surface area contributed by atoms with Crippen LogP contribution in [0.2, 0.25) is 0 Å². The van der Waals surface area contributed by atoms with Crippen molar-refractivity contribution in [3.8, 4) is 0 Å². The Bertz CT molecular complexity index is 504. The van der Waals surface area contributed by atoms with Gasteiger partial charge in [0.1, 0.15) is 0 Å². The second-order valence-electron chi connectivity index (χ2n) is 4.96. The summed E-state index contributed by atoms with van der Waals surface area (Å²) >= 11 is 1.70. The Morgan fingerprint density at radius 1 is 1.21 bits per heavy atom. The molecule has 100 valence electrons. The lowest BCUT2D eigenvalue weighted by atomic mass is 10.1. The fraction of sp³-hybridized carbons (Fsp3) is 0.400. The average molecular weight is 273 g/mol. The zero-order chi connectivity index (χ0) is 12.9. The van der Waals surface area contributed by atoms with Gasteiger partial charge in [0.05, 0.1) is 12.1 Å². The number of aromatic nitrogens is 1. The van der Waals surface area contributed by atoms with Crippen LogP contribution in [0.3, 0.4) is 0 Å². The summed E-state index contributed by atoms with van der Waals surface area (Å²) in [6.45, 7) is 4.40. The largest absolute Gasteiger partial charge is 0.380 e. The highest BCUT2D eigenvalue weighted by atomic mass is 32.1. The van der Waals surface area contributed by atoms with Crippen molar-refractivity contribution >= 4 is 17.0 Å². The van der Waals surface area contributed by atoms with Crippen LogP contribution < -0.4 is 5.32 Å². The predicted octanol–water partition coefficient (Wildman–Crippen LogP) is 3.35. The molecule has 0 amide bonds. The average Bonchev–Trinajstić information content (AvgIpc) is 3.10. The molecule has 1 aliphatic rings. The van der Waals surface area contributed by atoms with Crippen LogP contribution >= 0.6 is 11.3 Å². The molecule has 0 aliphatic carbocycles. The normalized spacial score (nSPS) is 15.8. The predicted molar refractivity (Wildman–Crippen MR) is 80.4 cm³/mol. The third-order valence-electron chi connectivity index (χ3n) is 3.55. The molecule has 4 heteroatoms. The van der Waals surface area contributed by atoms with Crippen molar-refractivity contribution < 1.29 is 0 Å². The first-order valence-electron chi connectivity index (χ1n) is 6.83. The standard InChI is InChI=1S/C15H19N3S/c1-2-6-15(17-10-14-9-16-12-19-14)13(5-1)11-18-7-3-4-8-18/h1-2,5-6,9,12,17H,3-4,7-8,10-11H2. The maximum absolute atomic E-state index is 4.11. The smallest absolute Gasteiger partial charge is 0.0794 e. The Balaban J connectivity index is 1.66. The van der Waals surface area contributed by atoms with Crippen LogP contribution in [0.25, 0.3) is 0 Å². The van der Waals surface area contributed by atoms with Crippen molar-refractivity contribution in [2.45, 2.75) is 25.9 Å². The first kappa shape index (κ1) is 12.6. The Kier molecular flexibility index (Phi) is 4.10. The molecule has 2 aromatic rings. The summed E-state index contributed by atoms with van der Waals surface area (Å²) in [5.74, 6) is 0. The van der Waals surface area contributed by atoms with E-state index in [0.717, 1.165) is 13.1 Å². The van der Waals surface area contributed by atoms with E-state index < -0.39 is 0 Å². The van der Waals surface area contributed by atoms with Gasteiger partial charge in [0.15, 0.2) is 0 Å². The lowest BCUT2D eigenvalue weighted by Gasteiger charge is -2.18. The van der Waals surface area contributed by atoms with Crippen molar-refractivity contribution in [1.82, 2.24) is 9.88 Å². The van der Waals surface area contributed by atoms with Crippen LogP contribution in [-0.2, 0) is 13.1 Å². The van der Waals surface area contributed by atoms with E-state index in [4.69, 9.17) is 0 Å². The summed E-state index contributed by atoms with van der Waals surface area (Å²) in [6, 6.07) is 8.63. The van der Waals surface area contributed by atoms with Crippen molar-refractivity contribution in [3.63, 3.8) is 0 Å². The van der Waals surface area contributed by atoms with Crippen LogP contribution in [0, 0.1) is 0 Å². The van der Waals surface area contributed by atoms with Gasteiger partial charge in [-0.05, 0) is 37.6 Å². The molecule has 1 N–H and O–H groups in total. The minimum absolute atomic E-state index is 0.863. The molecule has 1 aromatic carbocycles. The van der Waals surface area contributed by atoms with E-state index in [1.165, 1.54) is 42.1 Å². The van der Waals surface area contributed by atoms with Crippen LogP contribution in [-0.4, -0.2) is 23.0 Å². The lowest BCUT2D eigenvalue weighted by Crippen LogP contribution is -2.19. The molecular formula is C15H19N3S. The molecule has 0 saturated carbocycles. The number of benzene rings is 1. The zero-order valence-corrected chi connectivity index (χ0v) is 11.8. The highest BCUT2D eigenvalue weighted by molar-refractivity contribution is 7.09. The van der Waals surface area contributed by atoms with E-state index in [2.05, 4.69) is 39.5 Å². The number of anilines is 1. The summed E-state index contributed by atoms with van der Waals surface area (Å²) in [5, 5.41) is 3.53. The Hall–Kier alpha value is -1.39. The van der Waals surface area contributed by atoms with Gasteiger partial charge < -0.3 is 5.32 Å². The van der Waals surface area contributed by atoms with Gasteiger partial charge in [-0.25, -0.2) is 0 Å². The van der Waals surface area contributed by atoms with Gasteiger partial charge in [-0.15, -0.1) is 11.3 Å². The first-order chi connectivity index (χ1) is 9.42. The van der Waals surface area contributed by atoms with E-state index in [9.17, 15) is 0 Å². The van der Waals surface area contributed by atoms with Gasteiger partial charge in [0.25, 0.3) is 0 Å². The summed E-state index contributed by atoms with van der Waals surface area (Å²) < 4.78 is 0. The molecule has 19 heavy (non-hydrogen) atoms. The molecule has 0 bridgehead atoms. The molecule has 0 unspecified atom stereocenters. The second kappa shape index (κ2) is 6.17. The number of nitrogens with zero attached hydrogens (tertiary/aromatic N) is 2. The van der Waals surface area contributed by atoms with E-state index in [1.54, 1.807) is 11.3 Å². The Labute approximate surface area is 118 Å². The minimum atomic E-state index is 0.863. The van der Waals surface area contributed by atoms with Crippen LogP contribution in [0.4, 0.5) is 5.69 Å². The number of hydrogen-bond acceptors (Lipinski definition) is 4. The highest BCUT2D eigenvalue weighted by Gasteiger charge is 2.13. The summed E-state index contributed by atoms with van der Waals surface area (Å²) in [4.78, 5) is 7.92. The van der Waals surface area contributed by atoms with Crippen molar-refractivity contribution in [3.05, 3.63) is 46.4 Å². The maximum atomic E-state index is 4.11. The molecule has 1 aliphatic heterocycles. The SMILES string of the molecule is c1ccc(NCc2cncs2)c(CN2CCCC2)c1. The quantitative estimate of drug-likeness (QED) is 0.905. The fourth-order valence-electron chi connectivity index (χ4n) is 2.52. The number of hydrogen-bond donors (Lipinski definition) is 1. The molecule has 3 nitrogen and oxygen atoms in total. The number of para-hydroxylation sites is 1. The van der Waals surface area contributed by atoms with Gasteiger partial charge in [-0.1, -0.05) is 18.2 Å². The third-order valence-corrected chi connectivity index (χ3v) is 4.33. The van der Waals surface area contributed by atoms with Crippen molar-refractivity contribution in [2.24, 2.45) is 0 Å². The van der Waals surface area contributed by atoms with Crippen LogP contribution in [0.15, 0.2) is 36.0 Å². The Morgan fingerprint density at radius 2 is 2.05 bits per heavy atom. The summed E-state index contributed by atoms with van der Waals surface area (Å²) in [6.07, 6.45) is 4.62. The number of nitrogens with one attached hydrogen (secondary N) is 1. The number of thiazole rings is 1. The Morgan fingerprint density at radius 3 is 2.84 bits per heavy atom. The van der Waals surface area contributed by atoms with Gasteiger partial charge in [-0.2, -0.15) is 0 Å². The summed E-state index contributed by atoms with van der Waals surface area (Å²) in [5.41, 5.74) is 4.53.